The summed E-state index contributed by atoms with van der Waals surface area (Å²) in [4.78, 5) is 37.0. The van der Waals surface area contributed by atoms with Crippen LogP contribution < -0.4 is 10.6 Å². The zero-order chi connectivity index (χ0) is 16.3. The molecule has 1 saturated heterocycles. The molecule has 22 heavy (non-hydrogen) atoms. The standard InChI is InChI=1S/C16H21N3O3/c1-10(2)7-13-15(21)19(16(22)18-13)9-14(20)17-12-6-4-5-11(3)8-12/h4-6,8,10,13H,7,9H2,1-3H3,(H,17,20)(H,18,22)/t13-/m1/s1. The van der Waals surface area contributed by atoms with Gasteiger partial charge in [0.05, 0.1) is 0 Å². The Morgan fingerprint density at radius 1 is 1.36 bits per heavy atom. The molecule has 1 atom stereocenters. The summed E-state index contributed by atoms with van der Waals surface area (Å²) in [5.74, 6) is -0.437. The van der Waals surface area contributed by atoms with E-state index >= 15 is 0 Å². The average molecular weight is 303 g/mol. The maximum Gasteiger partial charge on any atom is 0.325 e. The monoisotopic (exact) mass is 303 g/mol. The highest BCUT2D eigenvalue weighted by Crippen LogP contribution is 2.15. The van der Waals surface area contributed by atoms with E-state index in [1.54, 1.807) is 6.07 Å². The molecule has 0 spiro atoms. The van der Waals surface area contributed by atoms with Crippen LogP contribution in [0.5, 0.6) is 0 Å². The van der Waals surface area contributed by atoms with Gasteiger partial charge in [-0.25, -0.2) is 4.79 Å². The number of urea groups is 1. The van der Waals surface area contributed by atoms with E-state index in [0.29, 0.717) is 12.1 Å². The van der Waals surface area contributed by atoms with Crippen molar-refractivity contribution in [1.82, 2.24) is 10.2 Å². The summed E-state index contributed by atoms with van der Waals surface area (Å²) in [6.07, 6.45) is 0.570. The summed E-state index contributed by atoms with van der Waals surface area (Å²) in [6, 6.07) is 6.30. The summed E-state index contributed by atoms with van der Waals surface area (Å²) in [6.45, 7) is 5.61. The molecular formula is C16H21N3O3. The second-order valence-electron chi connectivity index (χ2n) is 5.97. The van der Waals surface area contributed by atoms with Crippen LogP contribution in [0.3, 0.4) is 0 Å². The highest BCUT2D eigenvalue weighted by atomic mass is 16.2. The van der Waals surface area contributed by atoms with E-state index in [-0.39, 0.29) is 24.3 Å². The van der Waals surface area contributed by atoms with E-state index in [4.69, 9.17) is 0 Å². The number of nitrogens with zero attached hydrogens (tertiary/aromatic N) is 1. The molecule has 2 N–H and O–H groups in total. The van der Waals surface area contributed by atoms with Crippen molar-refractivity contribution in [2.75, 3.05) is 11.9 Å². The first-order chi connectivity index (χ1) is 10.4. The number of carbonyl (C=O) groups is 3. The van der Waals surface area contributed by atoms with Gasteiger partial charge >= 0.3 is 6.03 Å². The Labute approximate surface area is 129 Å². The lowest BCUT2D eigenvalue weighted by Gasteiger charge is -2.14. The van der Waals surface area contributed by atoms with Crippen molar-refractivity contribution in [2.45, 2.75) is 33.2 Å². The van der Waals surface area contributed by atoms with Crippen LogP contribution in [0.15, 0.2) is 24.3 Å². The Balaban J connectivity index is 1.96. The largest absolute Gasteiger partial charge is 0.326 e. The maximum absolute atomic E-state index is 12.2. The number of carbonyl (C=O) groups excluding carboxylic acids is 3. The van der Waals surface area contributed by atoms with Gasteiger partial charge in [-0.15, -0.1) is 0 Å². The summed E-state index contributed by atoms with van der Waals surface area (Å²) in [7, 11) is 0. The van der Waals surface area contributed by atoms with Gasteiger partial charge in [0.15, 0.2) is 0 Å². The number of anilines is 1. The molecule has 1 aromatic rings. The molecule has 0 aliphatic carbocycles. The number of amides is 4. The van der Waals surface area contributed by atoms with Gasteiger partial charge < -0.3 is 10.6 Å². The number of hydrogen-bond donors (Lipinski definition) is 2. The minimum Gasteiger partial charge on any atom is -0.326 e. The molecule has 0 unspecified atom stereocenters. The third kappa shape index (κ3) is 3.84. The average Bonchev–Trinajstić information content (AvgIpc) is 2.66. The first kappa shape index (κ1) is 16.0. The van der Waals surface area contributed by atoms with Crippen molar-refractivity contribution in [1.29, 1.82) is 0 Å². The number of rotatable bonds is 5. The highest BCUT2D eigenvalue weighted by molar-refractivity contribution is 6.07. The van der Waals surface area contributed by atoms with Crippen LogP contribution in [0.25, 0.3) is 0 Å². The first-order valence-electron chi connectivity index (χ1n) is 7.35. The van der Waals surface area contributed by atoms with E-state index in [9.17, 15) is 14.4 Å². The molecule has 0 bridgehead atoms. The summed E-state index contributed by atoms with van der Waals surface area (Å²) in [5, 5.41) is 5.31. The SMILES string of the molecule is Cc1cccc(NC(=O)CN2C(=O)N[C@H](CC(C)C)C2=O)c1. The fraction of sp³-hybridized carbons (Fsp3) is 0.438. The van der Waals surface area contributed by atoms with Gasteiger partial charge in [0.2, 0.25) is 5.91 Å². The van der Waals surface area contributed by atoms with Gasteiger partial charge in [0, 0.05) is 5.69 Å². The molecular weight excluding hydrogens is 282 g/mol. The lowest BCUT2D eigenvalue weighted by atomic mass is 10.0. The van der Waals surface area contributed by atoms with Gasteiger partial charge in [-0.05, 0) is 37.0 Å². The lowest BCUT2D eigenvalue weighted by molar-refractivity contribution is -0.131. The second-order valence-corrected chi connectivity index (χ2v) is 5.97. The van der Waals surface area contributed by atoms with Gasteiger partial charge in [-0.1, -0.05) is 26.0 Å². The van der Waals surface area contributed by atoms with Crippen molar-refractivity contribution in [3.05, 3.63) is 29.8 Å². The zero-order valence-electron chi connectivity index (χ0n) is 13.1. The highest BCUT2D eigenvalue weighted by Gasteiger charge is 2.38. The summed E-state index contributed by atoms with van der Waals surface area (Å²) >= 11 is 0. The third-order valence-corrected chi connectivity index (χ3v) is 3.42. The number of nitrogens with one attached hydrogen (secondary N) is 2. The van der Waals surface area contributed by atoms with Crippen LogP contribution >= 0.6 is 0 Å². The molecule has 0 saturated carbocycles. The van der Waals surface area contributed by atoms with E-state index in [0.717, 1.165) is 10.5 Å². The number of benzene rings is 1. The van der Waals surface area contributed by atoms with Crippen LogP contribution in [0.1, 0.15) is 25.8 Å². The zero-order valence-corrected chi connectivity index (χ0v) is 13.1. The first-order valence-corrected chi connectivity index (χ1v) is 7.35. The van der Waals surface area contributed by atoms with E-state index < -0.39 is 12.1 Å². The second kappa shape index (κ2) is 6.60. The third-order valence-electron chi connectivity index (χ3n) is 3.42. The lowest BCUT2D eigenvalue weighted by Crippen LogP contribution is -2.38. The van der Waals surface area contributed by atoms with E-state index in [1.807, 2.05) is 39.0 Å². The predicted molar refractivity (Wildman–Crippen MR) is 83.3 cm³/mol. The van der Waals surface area contributed by atoms with Crippen molar-refractivity contribution in [2.24, 2.45) is 5.92 Å². The topological polar surface area (TPSA) is 78.5 Å². The van der Waals surface area contributed by atoms with Crippen molar-refractivity contribution < 1.29 is 14.4 Å². The molecule has 1 heterocycles. The Kier molecular flexibility index (Phi) is 4.80. The van der Waals surface area contributed by atoms with Crippen molar-refractivity contribution in [3.8, 4) is 0 Å². The molecule has 0 aromatic heterocycles. The molecule has 0 radical (unpaired) electrons. The Morgan fingerprint density at radius 3 is 2.73 bits per heavy atom. The Hall–Kier alpha value is -2.37. The minimum atomic E-state index is -0.528. The minimum absolute atomic E-state index is 0.271. The molecule has 6 nitrogen and oxygen atoms in total. The van der Waals surface area contributed by atoms with Crippen LogP contribution in [0.2, 0.25) is 0 Å². The summed E-state index contributed by atoms with van der Waals surface area (Å²) < 4.78 is 0. The fourth-order valence-electron chi connectivity index (χ4n) is 2.42. The van der Waals surface area contributed by atoms with Gasteiger partial charge in [0.25, 0.3) is 5.91 Å². The predicted octanol–water partition coefficient (Wildman–Crippen LogP) is 1.90. The van der Waals surface area contributed by atoms with Gasteiger partial charge in [0.1, 0.15) is 12.6 Å². The van der Waals surface area contributed by atoms with Crippen LogP contribution in [0, 0.1) is 12.8 Å². The van der Waals surface area contributed by atoms with Crippen molar-refractivity contribution in [3.63, 3.8) is 0 Å². The quantitative estimate of drug-likeness (QED) is 0.815. The number of hydrogen-bond acceptors (Lipinski definition) is 3. The molecule has 1 aromatic carbocycles. The van der Waals surface area contributed by atoms with Crippen molar-refractivity contribution >= 4 is 23.5 Å². The number of imide groups is 1. The van der Waals surface area contributed by atoms with Gasteiger partial charge in [-0.2, -0.15) is 0 Å². The fourth-order valence-corrected chi connectivity index (χ4v) is 2.42. The Morgan fingerprint density at radius 2 is 2.09 bits per heavy atom. The normalized spacial score (nSPS) is 17.8. The smallest absolute Gasteiger partial charge is 0.325 e. The molecule has 2 rings (SSSR count). The van der Waals surface area contributed by atoms with Crippen LogP contribution in [-0.2, 0) is 9.59 Å². The van der Waals surface area contributed by atoms with Crippen LogP contribution in [-0.4, -0.2) is 35.3 Å². The van der Waals surface area contributed by atoms with E-state index in [1.165, 1.54) is 0 Å². The number of aryl methyl sites for hydroxylation is 1. The Bertz CT molecular complexity index is 598. The van der Waals surface area contributed by atoms with E-state index in [2.05, 4.69) is 10.6 Å². The van der Waals surface area contributed by atoms with Crippen LogP contribution in [0.4, 0.5) is 10.5 Å². The molecule has 118 valence electrons. The van der Waals surface area contributed by atoms with Gasteiger partial charge in [-0.3, -0.25) is 14.5 Å². The molecule has 1 aliphatic rings. The molecule has 1 fully saturated rings. The molecule has 6 heteroatoms. The molecule has 4 amide bonds. The summed E-state index contributed by atoms with van der Waals surface area (Å²) in [5.41, 5.74) is 1.67. The maximum atomic E-state index is 12.2. The molecule has 1 aliphatic heterocycles.